The zero-order valence-corrected chi connectivity index (χ0v) is 16.1. The third-order valence-corrected chi connectivity index (χ3v) is 4.32. The molecule has 142 valence electrons. The fourth-order valence-electron chi connectivity index (χ4n) is 2.72. The van der Waals surface area contributed by atoms with Crippen molar-refractivity contribution in [1.82, 2.24) is 10.3 Å². The number of nitrogens with one attached hydrogen (secondary N) is 2. The minimum Gasteiger partial charge on any atom is -0.326 e. The minimum absolute atomic E-state index is 0.207. The number of hydrogen-bond donors (Lipinski definition) is 2. The van der Waals surface area contributed by atoms with Gasteiger partial charge in [0.2, 0.25) is 5.96 Å². The molecule has 0 atom stereocenters. The monoisotopic (exact) mass is 372 g/mol. The zero-order valence-electron chi connectivity index (χ0n) is 16.1. The molecule has 1 aromatic heterocycles. The van der Waals surface area contributed by atoms with E-state index in [4.69, 9.17) is 0 Å². The van der Waals surface area contributed by atoms with Gasteiger partial charge in [-0.15, -0.1) is 0 Å². The van der Waals surface area contributed by atoms with Gasteiger partial charge in [-0.05, 0) is 49.2 Å². The summed E-state index contributed by atoms with van der Waals surface area (Å²) in [7, 11) is 0. The fraction of sp³-hybridized carbons (Fsp3) is 0.174. The first-order valence-electron chi connectivity index (χ1n) is 9.33. The molecule has 0 fully saturated rings. The van der Waals surface area contributed by atoms with Crippen LogP contribution in [-0.4, -0.2) is 16.9 Å². The molecular weight excluding hydrogens is 348 g/mol. The number of rotatable bonds is 5. The Balaban J connectivity index is 1.83. The number of para-hydroxylation sites is 1. The molecule has 0 saturated heterocycles. The average Bonchev–Trinajstić information content (AvgIpc) is 2.73. The van der Waals surface area contributed by atoms with Crippen molar-refractivity contribution in [2.45, 2.75) is 26.8 Å². The SMILES string of the molecule is CCc1ccccc1NC(=NCc1ccccn1)NC(=O)c1ccc(C)cc1. The van der Waals surface area contributed by atoms with Crippen LogP contribution in [0.5, 0.6) is 0 Å². The highest BCUT2D eigenvalue weighted by Crippen LogP contribution is 2.15. The molecule has 0 radical (unpaired) electrons. The highest BCUT2D eigenvalue weighted by Gasteiger charge is 2.10. The molecule has 2 aromatic carbocycles. The molecule has 5 heteroatoms. The minimum atomic E-state index is -0.207. The molecule has 5 nitrogen and oxygen atoms in total. The Kier molecular flexibility index (Phi) is 6.52. The molecule has 3 aromatic rings. The smallest absolute Gasteiger partial charge is 0.257 e. The summed E-state index contributed by atoms with van der Waals surface area (Å²) < 4.78 is 0. The summed E-state index contributed by atoms with van der Waals surface area (Å²) in [6.07, 6.45) is 2.61. The summed E-state index contributed by atoms with van der Waals surface area (Å²) in [5.41, 5.74) is 4.60. The quantitative estimate of drug-likeness (QED) is 0.517. The van der Waals surface area contributed by atoms with Gasteiger partial charge in [-0.2, -0.15) is 0 Å². The van der Waals surface area contributed by atoms with Crippen LogP contribution >= 0.6 is 0 Å². The molecule has 0 unspecified atom stereocenters. The van der Waals surface area contributed by atoms with Crippen LogP contribution < -0.4 is 10.6 Å². The van der Waals surface area contributed by atoms with Crippen molar-refractivity contribution in [1.29, 1.82) is 0 Å². The molecule has 1 amide bonds. The van der Waals surface area contributed by atoms with Crippen LogP contribution in [0.1, 0.15) is 34.1 Å². The molecule has 28 heavy (non-hydrogen) atoms. The molecule has 0 aliphatic heterocycles. The second-order valence-corrected chi connectivity index (χ2v) is 6.44. The lowest BCUT2D eigenvalue weighted by Gasteiger charge is -2.14. The summed E-state index contributed by atoms with van der Waals surface area (Å²) in [6, 6.07) is 21.1. The first kappa shape index (κ1) is 19.3. The molecule has 0 saturated carbocycles. The fourth-order valence-corrected chi connectivity index (χ4v) is 2.72. The van der Waals surface area contributed by atoms with Crippen molar-refractivity contribution in [3.63, 3.8) is 0 Å². The molecular formula is C23H24N4O. The van der Waals surface area contributed by atoms with Gasteiger partial charge in [-0.25, -0.2) is 4.99 Å². The molecule has 0 aliphatic carbocycles. The Morgan fingerprint density at radius 2 is 1.75 bits per heavy atom. The van der Waals surface area contributed by atoms with E-state index in [1.54, 1.807) is 18.3 Å². The van der Waals surface area contributed by atoms with Crippen LogP contribution in [0, 0.1) is 6.92 Å². The number of pyridine rings is 1. The van der Waals surface area contributed by atoms with Gasteiger partial charge < -0.3 is 5.32 Å². The molecule has 0 bridgehead atoms. The predicted octanol–water partition coefficient (Wildman–Crippen LogP) is 4.35. The topological polar surface area (TPSA) is 66.4 Å². The van der Waals surface area contributed by atoms with Crippen LogP contribution in [0.25, 0.3) is 0 Å². The number of hydrogen-bond acceptors (Lipinski definition) is 3. The van der Waals surface area contributed by atoms with E-state index in [9.17, 15) is 4.79 Å². The van der Waals surface area contributed by atoms with Crippen molar-refractivity contribution in [3.05, 3.63) is 95.3 Å². The summed E-state index contributed by atoms with van der Waals surface area (Å²) >= 11 is 0. The van der Waals surface area contributed by atoms with Crippen LogP contribution in [-0.2, 0) is 13.0 Å². The lowest BCUT2D eigenvalue weighted by molar-refractivity contribution is 0.0977. The standard InChI is InChI=1S/C23H24N4O/c1-3-18-8-4-5-10-21(18)26-23(25-16-20-9-6-7-15-24-20)27-22(28)19-13-11-17(2)12-14-19/h4-15H,3,16H2,1-2H3,(H2,25,26,27,28). The van der Waals surface area contributed by atoms with Crippen LogP contribution in [0.3, 0.4) is 0 Å². The number of benzene rings is 2. The van der Waals surface area contributed by atoms with E-state index >= 15 is 0 Å². The summed E-state index contributed by atoms with van der Waals surface area (Å²) in [6.45, 7) is 4.45. The van der Waals surface area contributed by atoms with Crippen LogP contribution in [0.15, 0.2) is 77.9 Å². The van der Waals surface area contributed by atoms with Gasteiger partial charge >= 0.3 is 0 Å². The largest absolute Gasteiger partial charge is 0.326 e. The lowest BCUT2D eigenvalue weighted by Crippen LogP contribution is -2.36. The number of carbonyl (C=O) groups is 1. The van der Waals surface area contributed by atoms with Gasteiger partial charge in [0.25, 0.3) is 5.91 Å². The van der Waals surface area contributed by atoms with E-state index in [2.05, 4.69) is 33.6 Å². The average molecular weight is 372 g/mol. The van der Waals surface area contributed by atoms with E-state index < -0.39 is 0 Å². The second-order valence-electron chi connectivity index (χ2n) is 6.44. The maximum atomic E-state index is 12.7. The summed E-state index contributed by atoms with van der Waals surface area (Å²) in [4.78, 5) is 21.5. The number of carbonyl (C=O) groups excluding carboxylic acids is 1. The van der Waals surface area contributed by atoms with Crippen molar-refractivity contribution < 1.29 is 4.79 Å². The normalized spacial score (nSPS) is 11.1. The van der Waals surface area contributed by atoms with Crippen molar-refractivity contribution >= 4 is 17.6 Å². The zero-order chi connectivity index (χ0) is 19.8. The number of aryl methyl sites for hydroxylation is 2. The Labute approximate surface area is 165 Å². The number of nitrogens with zero attached hydrogens (tertiary/aromatic N) is 2. The number of aromatic nitrogens is 1. The Bertz CT molecular complexity index is 950. The van der Waals surface area contributed by atoms with Gasteiger partial charge in [-0.3, -0.25) is 15.1 Å². The molecule has 1 heterocycles. The second kappa shape index (κ2) is 9.46. The molecule has 2 N–H and O–H groups in total. The van der Waals surface area contributed by atoms with Gasteiger partial charge in [0, 0.05) is 17.4 Å². The summed E-state index contributed by atoms with van der Waals surface area (Å²) in [5, 5.41) is 6.17. The third kappa shape index (κ3) is 5.27. The maximum Gasteiger partial charge on any atom is 0.257 e. The first-order chi connectivity index (χ1) is 13.7. The number of guanidine groups is 1. The number of aliphatic imine (C=N–C) groups is 1. The van der Waals surface area contributed by atoms with Gasteiger partial charge in [0.15, 0.2) is 0 Å². The molecule has 3 rings (SSSR count). The van der Waals surface area contributed by atoms with Crippen molar-refractivity contribution in [2.24, 2.45) is 4.99 Å². The van der Waals surface area contributed by atoms with E-state index in [0.29, 0.717) is 18.1 Å². The van der Waals surface area contributed by atoms with Gasteiger partial charge in [0.1, 0.15) is 0 Å². The van der Waals surface area contributed by atoms with Crippen molar-refractivity contribution in [3.8, 4) is 0 Å². The predicted molar refractivity (Wildman–Crippen MR) is 113 cm³/mol. The number of amides is 1. The van der Waals surface area contributed by atoms with Gasteiger partial charge in [-0.1, -0.05) is 48.9 Å². The van der Waals surface area contributed by atoms with E-state index in [1.165, 1.54) is 0 Å². The van der Waals surface area contributed by atoms with E-state index in [1.807, 2.05) is 55.5 Å². The Morgan fingerprint density at radius 1 is 1.00 bits per heavy atom. The van der Waals surface area contributed by atoms with E-state index in [-0.39, 0.29) is 5.91 Å². The molecule has 0 spiro atoms. The highest BCUT2D eigenvalue weighted by atomic mass is 16.1. The Hall–Kier alpha value is -3.47. The lowest BCUT2D eigenvalue weighted by atomic mass is 10.1. The molecule has 0 aliphatic rings. The first-order valence-corrected chi connectivity index (χ1v) is 9.33. The van der Waals surface area contributed by atoms with Crippen LogP contribution in [0.4, 0.5) is 5.69 Å². The van der Waals surface area contributed by atoms with Crippen LogP contribution in [0.2, 0.25) is 0 Å². The maximum absolute atomic E-state index is 12.7. The summed E-state index contributed by atoms with van der Waals surface area (Å²) in [5.74, 6) is 0.193. The van der Waals surface area contributed by atoms with Crippen molar-refractivity contribution in [2.75, 3.05) is 5.32 Å². The van der Waals surface area contributed by atoms with E-state index in [0.717, 1.165) is 28.9 Å². The highest BCUT2D eigenvalue weighted by molar-refractivity contribution is 6.10. The van der Waals surface area contributed by atoms with Gasteiger partial charge in [0.05, 0.1) is 12.2 Å². The Morgan fingerprint density at radius 3 is 2.46 bits per heavy atom. The third-order valence-electron chi connectivity index (χ3n) is 4.32. The number of anilines is 1.